The molecule has 0 aromatic heterocycles. The third kappa shape index (κ3) is 1.98. The zero-order valence-electron chi connectivity index (χ0n) is 9.89. The number of fused-ring (bicyclic) bond motifs is 1. The Kier molecular flexibility index (Phi) is 2.96. The number of hydrogen-bond acceptors (Lipinski definition) is 3. The molecule has 0 bridgehead atoms. The van der Waals surface area contributed by atoms with Gasteiger partial charge in [-0.3, -0.25) is 4.90 Å². The Bertz CT molecular complexity index is 616. The number of hydrogen-bond donors (Lipinski definition) is 0. The van der Waals surface area contributed by atoms with Crippen molar-refractivity contribution in [3.8, 4) is 0 Å². The van der Waals surface area contributed by atoms with Gasteiger partial charge in [-0.25, -0.2) is 8.42 Å². The Balaban J connectivity index is 2.01. The van der Waals surface area contributed by atoms with E-state index in [1.54, 1.807) is 12.1 Å². The van der Waals surface area contributed by atoms with Crippen LogP contribution in [-0.2, 0) is 9.84 Å². The lowest BCUT2D eigenvalue weighted by Gasteiger charge is -2.15. The summed E-state index contributed by atoms with van der Waals surface area (Å²) in [4.78, 5) is 2.57. The molecule has 2 aliphatic heterocycles. The van der Waals surface area contributed by atoms with Crippen LogP contribution in [0, 0.1) is 0 Å². The van der Waals surface area contributed by atoms with E-state index in [4.69, 9.17) is 11.6 Å². The van der Waals surface area contributed by atoms with E-state index in [2.05, 4.69) is 4.90 Å². The Hall–Kier alpha value is -0.840. The van der Waals surface area contributed by atoms with Crippen LogP contribution in [-0.4, -0.2) is 33.0 Å². The third-order valence-electron chi connectivity index (χ3n) is 3.49. The van der Waals surface area contributed by atoms with Crippen molar-refractivity contribution >= 4 is 27.0 Å². The third-order valence-corrected chi connectivity index (χ3v) is 5.52. The minimum atomic E-state index is -3.35. The average molecular weight is 284 g/mol. The van der Waals surface area contributed by atoms with Gasteiger partial charge in [-0.05, 0) is 37.6 Å². The quantitative estimate of drug-likeness (QED) is 0.837. The molecule has 0 saturated carbocycles. The van der Waals surface area contributed by atoms with Gasteiger partial charge in [-0.15, -0.1) is 0 Å². The van der Waals surface area contributed by atoms with Gasteiger partial charge in [0.1, 0.15) is 0 Å². The topological polar surface area (TPSA) is 37.4 Å². The molecular formula is C13H14ClNO2S. The Morgan fingerprint density at radius 3 is 2.67 bits per heavy atom. The summed E-state index contributed by atoms with van der Waals surface area (Å²) in [5.41, 5.74) is 1.64. The molecule has 2 heterocycles. The zero-order chi connectivity index (χ0) is 12.8. The van der Waals surface area contributed by atoms with Crippen molar-refractivity contribution in [2.75, 3.05) is 19.6 Å². The molecule has 0 spiro atoms. The Labute approximate surface area is 112 Å². The van der Waals surface area contributed by atoms with E-state index in [1.165, 1.54) is 18.2 Å². The molecule has 0 aliphatic carbocycles. The van der Waals surface area contributed by atoms with Crippen LogP contribution < -0.4 is 0 Å². The Morgan fingerprint density at radius 1 is 1.22 bits per heavy atom. The average Bonchev–Trinajstić information content (AvgIpc) is 2.87. The van der Waals surface area contributed by atoms with Crippen molar-refractivity contribution < 1.29 is 8.42 Å². The maximum atomic E-state index is 12.1. The van der Waals surface area contributed by atoms with Crippen LogP contribution in [0.2, 0.25) is 5.02 Å². The second-order valence-electron chi connectivity index (χ2n) is 4.79. The van der Waals surface area contributed by atoms with Crippen molar-refractivity contribution in [1.82, 2.24) is 4.90 Å². The summed E-state index contributed by atoms with van der Waals surface area (Å²) in [6.45, 7) is 2.80. The number of nitrogens with zero attached hydrogens (tertiary/aromatic N) is 1. The van der Waals surface area contributed by atoms with Gasteiger partial charge in [0.05, 0.1) is 9.92 Å². The maximum absolute atomic E-state index is 12.1. The van der Waals surface area contributed by atoms with Crippen molar-refractivity contribution in [2.24, 2.45) is 0 Å². The van der Waals surface area contributed by atoms with Crippen molar-refractivity contribution in [3.05, 3.63) is 34.2 Å². The Morgan fingerprint density at radius 2 is 1.94 bits per heavy atom. The van der Waals surface area contributed by atoms with Gasteiger partial charge in [0.2, 0.25) is 9.84 Å². The second-order valence-corrected chi connectivity index (χ2v) is 6.93. The highest BCUT2D eigenvalue weighted by atomic mass is 35.5. The molecule has 0 amide bonds. The summed E-state index contributed by atoms with van der Waals surface area (Å²) < 4.78 is 24.2. The highest BCUT2D eigenvalue weighted by molar-refractivity contribution is 7.95. The van der Waals surface area contributed by atoms with E-state index in [1.807, 2.05) is 6.07 Å². The standard InChI is InChI=1S/C13H14ClNO2S/c14-12-5-3-4-11-10(8-15-6-1-2-7-15)9-18(16,17)13(11)12/h3-5,9H,1-2,6-8H2. The van der Waals surface area contributed by atoms with Crippen LogP contribution in [0.4, 0.5) is 0 Å². The number of benzene rings is 1. The number of likely N-dealkylation sites (tertiary alicyclic amines) is 1. The van der Waals surface area contributed by atoms with Crippen molar-refractivity contribution in [1.29, 1.82) is 0 Å². The highest BCUT2D eigenvalue weighted by Gasteiger charge is 2.30. The number of sulfone groups is 1. The number of rotatable bonds is 2. The van der Waals surface area contributed by atoms with Crippen LogP contribution in [0.25, 0.3) is 5.57 Å². The molecule has 0 unspecified atom stereocenters. The van der Waals surface area contributed by atoms with Gasteiger partial charge in [0.15, 0.2) is 0 Å². The summed E-state index contributed by atoms with van der Waals surface area (Å²) in [5, 5.41) is 1.70. The molecule has 0 atom stereocenters. The maximum Gasteiger partial charge on any atom is 0.202 e. The molecule has 3 rings (SSSR count). The smallest absolute Gasteiger partial charge is 0.202 e. The summed E-state index contributed by atoms with van der Waals surface area (Å²) >= 11 is 6.01. The van der Waals surface area contributed by atoms with Crippen LogP contribution in [0.15, 0.2) is 28.5 Å². The minimum absolute atomic E-state index is 0.279. The monoisotopic (exact) mass is 283 g/mol. The van der Waals surface area contributed by atoms with E-state index in [9.17, 15) is 8.42 Å². The highest BCUT2D eigenvalue weighted by Crippen LogP contribution is 2.38. The van der Waals surface area contributed by atoms with E-state index in [0.29, 0.717) is 11.6 Å². The molecule has 3 nitrogen and oxygen atoms in total. The molecule has 1 aromatic rings. The first-order chi connectivity index (χ1) is 8.58. The first-order valence-electron chi connectivity index (χ1n) is 6.05. The first kappa shape index (κ1) is 12.2. The van der Waals surface area contributed by atoms with Gasteiger partial charge >= 0.3 is 0 Å². The van der Waals surface area contributed by atoms with E-state index < -0.39 is 9.84 Å². The van der Waals surface area contributed by atoms with E-state index in [-0.39, 0.29) is 4.90 Å². The first-order valence-corrected chi connectivity index (χ1v) is 7.97. The van der Waals surface area contributed by atoms with Gasteiger partial charge in [-0.1, -0.05) is 23.7 Å². The fraction of sp³-hybridized carbons (Fsp3) is 0.385. The molecular weight excluding hydrogens is 270 g/mol. The predicted octanol–water partition coefficient (Wildman–Crippen LogP) is 2.56. The van der Waals surface area contributed by atoms with Crippen LogP contribution in [0.3, 0.4) is 0 Å². The summed E-state index contributed by atoms with van der Waals surface area (Å²) in [6, 6.07) is 5.28. The van der Waals surface area contributed by atoms with E-state index >= 15 is 0 Å². The van der Waals surface area contributed by atoms with Crippen molar-refractivity contribution in [3.63, 3.8) is 0 Å². The molecule has 96 valence electrons. The lowest BCUT2D eigenvalue weighted by Crippen LogP contribution is -2.21. The molecule has 2 aliphatic rings. The van der Waals surface area contributed by atoms with Gasteiger partial charge in [0.25, 0.3) is 0 Å². The summed E-state index contributed by atoms with van der Waals surface area (Å²) in [5.74, 6) is 0. The SMILES string of the molecule is O=S1(=O)C=C(CN2CCCC2)c2cccc(Cl)c21. The predicted molar refractivity (Wildman–Crippen MR) is 72.3 cm³/mol. The second kappa shape index (κ2) is 4.37. The fourth-order valence-corrected chi connectivity index (χ4v) is 4.70. The minimum Gasteiger partial charge on any atom is -0.299 e. The molecule has 1 aromatic carbocycles. The zero-order valence-corrected chi connectivity index (χ0v) is 11.5. The molecule has 0 radical (unpaired) electrons. The van der Waals surface area contributed by atoms with E-state index in [0.717, 1.165) is 24.2 Å². The normalized spacial score (nSPS) is 21.9. The summed E-state index contributed by atoms with van der Waals surface area (Å²) in [6.07, 6.45) is 2.39. The van der Waals surface area contributed by atoms with Gasteiger partial charge < -0.3 is 0 Å². The molecule has 0 N–H and O–H groups in total. The van der Waals surface area contributed by atoms with Crippen molar-refractivity contribution in [2.45, 2.75) is 17.7 Å². The van der Waals surface area contributed by atoms with Crippen LogP contribution in [0.1, 0.15) is 18.4 Å². The largest absolute Gasteiger partial charge is 0.299 e. The molecule has 1 fully saturated rings. The molecule has 18 heavy (non-hydrogen) atoms. The van der Waals surface area contributed by atoms with Gasteiger partial charge in [0, 0.05) is 17.5 Å². The summed E-state index contributed by atoms with van der Waals surface area (Å²) in [7, 11) is -3.35. The van der Waals surface area contributed by atoms with Crippen LogP contribution >= 0.6 is 11.6 Å². The van der Waals surface area contributed by atoms with Crippen LogP contribution in [0.5, 0.6) is 0 Å². The molecule has 1 saturated heterocycles. The number of halogens is 1. The lowest BCUT2D eigenvalue weighted by molar-refractivity contribution is 0.383. The molecule has 5 heteroatoms. The fourth-order valence-electron chi connectivity index (χ4n) is 2.66. The lowest BCUT2D eigenvalue weighted by atomic mass is 10.1. The van der Waals surface area contributed by atoms with Gasteiger partial charge in [-0.2, -0.15) is 0 Å².